The molecule has 0 N–H and O–H groups in total. The summed E-state index contributed by atoms with van der Waals surface area (Å²) in [7, 11) is 0. The monoisotopic (exact) mass is 281 g/mol. The number of hydrogen-bond acceptors (Lipinski definition) is 3. The molecule has 2 aromatic rings. The Bertz CT molecular complexity index is 587. The van der Waals surface area contributed by atoms with E-state index in [0.717, 1.165) is 38.4 Å². The van der Waals surface area contributed by atoms with Crippen LogP contribution in [0.25, 0.3) is 0 Å². The summed E-state index contributed by atoms with van der Waals surface area (Å²) in [6, 6.07) is 12.7. The van der Waals surface area contributed by atoms with E-state index in [9.17, 15) is 0 Å². The smallest absolute Gasteiger partial charge is 0.0543 e. The standard InChI is InChI=1S/C18H23N3/c1-15-6-5-8-18(16(15)2)21-12-10-20(11-13-21)14-17-7-3-4-9-19-17/h3-9H,10-14H2,1-2H3. The molecule has 1 aliphatic heterocycles. The first-order valence-corrected chi connectivity index (χ1v) is 7.67. The second-order valence-electron chi connectivity index (χ2n) is 5.80. The van der Waals surface area contributed by atoms with Crippen LogP contribution in [0.4, 0.5) is 5.69 Å². The highest BCUT2D eigenvalue weighted by molar-refractivity contribution is 5.56. The average molecular weight is 281 g/mol. The summed E-state index contributed by atoms with van der Waals surface area (Å²) >= 11 is 0. The molecule has 0 aliphatic carbocycles. The molecule has 1 aromatic carbocycles. The fourth-order valence-electron chi connectivity index (χ4n) is 2.95. The number of benzene rings is 1. The van der Waals surface area contributed by atoms with Gasteiger partial charge in [-0.25, -0.2) is 0 Å². The van der Waals surface area contributed by atoms with Crippen LogP contribution in [-0.4, -0.2) is 36.1 Å². The SMILES string of the molecule is Cc1cccc(N2CCN(Cc3ccccn3)CC2)c1C. The van der Waals surface area contributed by atoms with Gasteiger partial charge in [-0.3, -0.25) is 9.88 Å². The van der Waals surface area contributed by atoms with Crippen LogP contribution < -0.4 is 4.90 Å². The third-order valence-corrected chi connectivity index (χ3v) is 4.40. The van der Waals surface area contributed by atoms with Gasteiger partial charge >= 0.3 is 0 Å². The maximum atomic E-state index is 4.42. The molecule has 0 atom stereocenters. The number of piperazine rings is 1. The van der Waals surface area contributed by atoms with Gasteiger partial charge < -0.3 is 4.90 Å². The Balaban J connectivity index is 1.61. The molecule has 0 radical (unpaired) electrons. The molecule has 110 valence electrons. The molecule has 21 heavy (non-hydrogen) atoms. The fourth-order valence-corrected chi connectivity index (χ4v) is 2.95. The van der Waals surface area contributed by atoms with Gasteiger partial charge in [0, 0.05) is 44.6 Å². The Kier molecular flexibility index (Phi) is 4.20. The molecule has 0 unspecified atom stereocenters. The zero-order valence-corrected chi connectivity index (χ0v) is 12.9. The van der Waals surface area contributed by atoms with E-state index in [1.807, 2.05) is 12.3 Å². The molecule has 0 saturated carbocycles. The van der Waals surface area contributed by atoms with Gasteiger partial charge in [-0.2, -0.15) is 0 Å². The van der Waals surface area contributed by atoms with Crippen LogP contribution in [0.3, 0.4) is 0 Å². The number of hydrogen-bond donors (Lipinski definition) is 0. The lowest BCUT2D eigenvalue weighted by Gasteiger charge is -2.36. The van der Waals surface area contributed by atoms with Crippen LogP contribution in [0.5, 0.6) is 0 Å². The van der Waals surface area contributed by atoms with E-state index in [1.54, 1.807) is 0 Å². The van der Waals surface area contributed by atoms with Crippen molar-refractivity contribution in [3.8, 4) is 0 Å². The van der Waals surface area contributed by atoms with E-state index < -0.39 is 0 Å². The van der Waals surface area contributed by atoms with E-state index >= 15 is 0 Å². The molecular formula is C18H23N3. The molecule has 3 nitrogen and oxygen atoms in total. The predicted molar refractivity (Wildman–Crippen MR) is 87.6 cm³/mol. The lowest BCUT2D eigenvalue weighted by Crippen LogP contribution is -2.46. The third kappa shape index (κ3) is 3.24. The van der Waals surface area contributed by atoms with Gasteiger partial charge in [-0.15, -0.1) is 0 Å². The molecule has 0 spiro atoms. The van der Waals surface area contributed by atoms with Gasteiger partial charge in [-0.05, 0) is 43.2 Å². The lowest BCUT2D eigenvalue weighted by atomic mass is 10.1. The van der Waals surface area contributed by atoms with Crippen LogP contribution in [0.1, 0.15) is 16.8 Å². The van der Waals surface area contributed by atoms with Crippen molar-refractivity contribution in [3.05, 3.63) is 59.4 Å². The highest BCUT2D eigenvalue weighted by Gasteiger charge is 2.18. The van der Waals surface area contributed by atoms with E-state index in [-0.39, 0.29) is 0 Å². The lowest BCUT2D eigenvalue weighted by molar-refractivity contribution is 0.247. The maximum Gasteiger partial charge on any atom is 0.0543 e. The highest BCUT2D eigenvalue weighted by atomic mass is 15.3. The Hall–Kier alpha value is -1.87. The largest absolute Gasteiger partial charge is 0.369 e. The average Bonchev–Trinajstić information content (AvgIpc) is 2.52. The molecule has 3 heteroatoms. The van der Waals surface area contributed by atoms with Gasteiger partial charge in [-0.1, -0.05) is 18.2 Å². The van der Waals surface area contributed by atoms with E-state index in [4.69, 9.17) is 0 Å². The van der Waals surface area contributed by atoms with Crippen molar-refractivity contribution in [3.63, 3.8) is 0 Å². The Labute approximate surface area is 127 Å². The van der Waals surface area contributed by atoms with Gasteiger partial charge in [0.15, 0.2) is 0 Å². The first-order valence-electron chi connectivity index (χ1n) is 7.67. The third-order valence-electron chi connectivity index (χ3n) is 4.40. The zero-order valence-electron chi connectivity index (χ0n) is 12.9. The van der Waals surface area contributed by atoms with Gasteiger partial charge in [0.05, 0.1) is 5.69 Å². The van der Waals surface area contributed by atoms with Crippen LogP contribution in [0.2, 0.25) is 0 Å². The second kappa shape index (κ2) is 6.27. The molecule has 1 saturated heterocycles. The summed E-state index contributed by atoms with van der Waals surface area (Å²) in [4.78, 5) is 9.42. The Morgan fingerprint density at radius 2 is 1.76 bits per heavy atom. The van der Waals surface area contributed by atoms with Crippen molar-refractivity contribution in [1.82, 2.24) is 9.88 Å². The Morgan fingerprint density at radius 1 is 0.952 bits per heavy atom. The van der Waals surface area contributed by atoms with E-state index in [0.29, 0.717) is 0 Å². The zero-order chi connectivity index (χ0) is 14.7. The number of pyridine rings is 1. The van der Waals surface area contributed by atoms with Crippen molar-refractivity contribution in [2.45, 2.75) is 20.4 Å². The summed E-state index contributed by atoms with van der Waals surface area (Å²) in [6.45, 7) is 9.77. The minimum atomic E-state index is 0.960. The molecule has 0 bridgehead atoms. The van der Waals surface area contributed by atoms with Gasteiger partial charge in [0.2, 0.25) is 0 Å². The molecular weight excluding hydrogens is 258 g/mol. The summed E-state index contributed by atoms with van der Waals surface area (Å²) in [6.07, 6.45) is 1.88. The fraction of sp³-hybridized carbons (Fsp3) is 0.389. The van der Waals surface area contributed by atoms with Crippen molar-refractivity contribution < 1.29 is 0 Å². The van der Waals surface area contributed by atoms with Crippen molar-refractivity contribution in [1.29, 1.82) is 0 Å². The van der Waals surface area contributed by atoms with Gasteiger partial charge in [0.1, 0.15) is 0 Å². The number of anilines is 1. The predicted octanol–water partition coefficient (Wildman–Crippen LogP) is 3.02. The molecule has 1 aliphatic rings. The van der Waals surface area contributed by atoms with Crippen LogP contribution >= 0.6 is 0 Å². The topological polar surface area (TPSA) is 19.4 Å². The van der Waals surface area contributed by atoms with Gasteiger partial charge in [0.25, 0.3) is 0 Å². The van der Waals surface area contributed by atoms with E-state index in [2.05, 4.69) is 59.0 Å². The first-order chi connectivity index (χ1) is 10.2. The molecule has 2 heterocycles. The number of rotatable bonds is 3. The first kappa shape index (κ1) is 14.1. The summed E-state index contributed by atoms with van der Waals surface area (Å²) < 4.78 is 0. The van der Waals surface area contributed by atoms with Crippen molar-refractivity contribution in [2.24, 2.45) is 0 Å². The van der Waals surface area contributed by atoms with Crippen molar-refractivity contribution >= 4 is 5.69 Å². The summed E-state index contributed by atoms with van der Waals surface area (Å²) in [5.74, 6) is 0. The molecule has 0 amide bonds. The van der Waals surface area contributed by atoms with Crippen LogP contribution in [-0.2, 0) is 6.54 Å². The minimum Gasteiger partial charge on any atom is -0.369 e. The summed E-state index contributed by atoms with van der Waals surface area (Å²) in [5.41, 5.74) is 5.35. The number of aromatic nitrogens is 1. The minimum absolute atomic E-state index is 0.960. The van der Waals surface area contributed by atoms with E-state index in [1.165, 1.54) is 16.8 Å². The second-order valence-corrected chi connectivity index (χ2v) is 5.80. The molecule has 3 rings (SSSR count). The van der Waals surface area contributed by atoms with Crippen LogP contribution in [0, 0.1) is 13.8 Å². The maximum absolute atomic E-state index is 4.42. The molecule has 1 aromatic heterocycles. The quantitative estimate of drug-likeness (QED) is 0.862. The number of aryl methyl sites for hydroxylation is 1. The van der Waals surface area contributed by atoms with Crippen LogP contribution in [0.15, 0.2) is 42.6 Å². The Morgan fingerprint density at radius 3 is 2.48 bits per heavy atom. The number of nitrogens with zero attached hydrogens (tertiary/aromatic N) is 3. The van der Waals surface area contributed by atoms with Crippen molar-refractivity contribution in [2.75, 3.05) is 31.1 Å². The summed E-state index contributed by atoms with van der Waals surface area (Å²) in [5, 5.41) is 0. The molecule has 1 fully saturated rings. The highest BCUT2D eigenvalue weighted by Crippen LogP contribution is 2.24. The normalized spacial score (nSPS) is 16.2.